The fourth-order valence-corrected chi connectivity index (χ4v) is 2.85. The van der Waals surface area contributed by atoms with Crippen LogP contribution in [-0.4, -0.2) is 0 Å². The molecule has 0 aliphatic carbocycles. The highest BCUT2D eigenvalue weighted by Gasteiger charge is 2.00. The minimum atomic E-state index is 1.14. The Morgan fingerprint density at radius 1 is 0.500 bits per heavy atom. The maximum atomic E-state index is 3.84. The highest BCUT2D eigenvalue weighted by molar-refractivity contribution is 5.93. The van der Waals surface area contributed by atoms with Crippen molar-refractivity contribution in [1.29, 1.82) is 0 Å². The minimum Gasteiger partial charge on any atom is -0.0984 e. The van der Waals surface area contributed by atoms with Crippen LogP contribution in [0.5, 0.6) is 0 Å². The number of fused-ring (bicyclic) bond motifs is 2. The smallest absolute Gasteiger partial charge is 0.0106 e. The molecule has 4 aromatic carbocycles. The van der Waals surface area contributed by atoms with Gasteiger partial charge < -0.3 is 0 Å². The summed E-state index contributed by atoms with van der Waals surface area (Å²) >= 11 is 0. The van der Waals surface area contributed by atoms with Crippen molar-refractivity contribution in [1.82, 2.24) is 0 Å². The molecule has 116 valence electrons. The Balaban J connectivity index is 0.000000149. The Bertz CT molecular complexity index is 927. The summed E-state index contributed by atoms with van der Waals surface area (Å²) in [5.41, 5.74) is 2.30. The molecule has 4 rings (SSSR count). The van der Waals surface area contributed by atoms with Crippen LogP contribution in [0, 0.1) is 0 Å². The van der Waals surface area contributed by atoms with Crippen LogP contribution in [0.4, 0.5) is 0 Å². The van der Waals surface area contributed by atoms with E-state index in [2.05, 4.69) is 86.0 Å². The largest absolute Gasteiger partial charge is 0.0984 e. The Morgan fingerprint density at radius 2 is 1.00 bits per heavy atom. The van der Waals surface area contributed by atoms with Crippen LogP contribution in [0.1, 0.15) is 11.1 Å². The molecule has 0 atom stereocenters. The third kappa shape index (κ3) is 3.28. The molecule has 0 aromatic heterocycles. The van der Waals surface area contributed by atoms with Gasteiger partial charge in [-0.2, -0.15) is 0 Å². The third-order valence-corrected chi connectivity index (χ3v) is 4.09. The lowest BCUT2D eigenvalue weighted by atomic mass is 9.99. The molecule has 4 aromatic rings. The van der Waals surface area contributed by atoms with E-state index in [1.54, 1.807) is 0 Å². The Labute approximate surface area is 143 Å². The first-order valence-electron chi connectivity index (χ1n) is 8.04. The predicted molar refractivity (Wildman–Crippen MR) is 108 cm³/mol. The quantitative estimate of drug-likeness (QED) is 0.375. The zero-order valence-electron chi connectivity index (χ0n) is 13.7. The van der Waals surface area contributed by atoms with Gasteiger partial charge in [0.25, 0.3) is 0 Å². The third-order valence-electron chi connectivity index (χ3n) is 4.09. The molecular formula is C24H20. The highest BCUT2D eigenvalue weighted by Crippen LogP contribution is 2.24. The summed E-state index contributed by atoms with van der Waals surface area (Å²) in [5, 5.41) is 5.10. The molecule has 0 bridgehead atoms. The van der Waals surface area contributed by atoms with Crippen molar-refractivity contribution in [2.45, 2.75) is 0 Å². The Kier molecular flexibility index (Phi) is 4.88. The van der Waals surface area contributed by atoms with E-state index in [9.17, 15) is 0 Å². The molecule has 0 radical (unpaired) electrons. The van der Waals surface area contributed by atoms with Crippen LogP contribution >= 0.6 is 0 Å². The molecule has 0 N–H and O–H groups in total. The molecule has 0 heterocycles. The number of hydrogen-bond acceptors (Lipinski definition) is 0. The SMILES string of the molecule is C=Cc1ccc2ccccc2c1C=C.c1ccc2ccccc2c1. The zero-order valence-corrected chi connectivity index (χ0v) is 13.7. The highest BCUT2D eigenvalue weighted by atomic mass is 14.0. The van der Waals surface area contributed by atoms with E-state index in [1.807, 2.05) is 24.3 Å². The van der Waals surface area contributed by atoms with Crippen LogP contribution in [0.15, 0.2) is 98.1 Å². The fraction of sp³-hybridized carbons (Fsp3) is 0. The van der Waals surface area contributed by atoms with Gasteiger partial charge in [-0.25, -0.2) is 0 Å². The van der Waals surface area contributed by atoms with Crippen molar-refractivity contribution < 1.29 is 0 Å². The summed E-state index contributed by atoms with van der Waals surface area (Å²) < 4.78 is 0. The van der Waals surface area contributed by atoms with Gasteiger partial charge in [-0.3, -0.25) is 0 Å². The van der Waals surface area contributed by atoms with Crippen molar-refractivity contribution in [2.24, 2.45) is 0 Å². The van der Waals surface area contributed by atoms with E-state index in [0.29, 0.717) is 0 Å². The van der Waals surface area contributed by atoms with Gasteiger partial charge in [-0.05, 0) is 32.7 Å². The average Bonchev–Trinajstić information content (AvgIpc) is 2.67. The van der Waals surface area contributed by atoms with Gasteiger partial charge in [0, 0.05) is 0 Å². The monoisotopic (exact) mass is 308 g/mol. The standard InChI is InChI=1S/C14H12.C10H8/c1-3-11-9-10-12-7-5-6-8-14(12)13(11)4-2;1-2-6-10-8-4-3-7-9(10)5-1/h3-10H,1-2H2;1-8H. The van der Waals surface area contributed by atoms with Crippen LogP contribution in [-0.2, 0) is 0 Å². The van der Waals surface area contributed by atoms with Crippen molar-refractivity contribution in [2.75, 3.05) is 0 Å². The van der Waals surface area contributed by atoms with Crippen LogP contribution in [0.25, 0.3) is 33.7 Å². The summed E-state index contributed by atoms with van der Waals surface area (Å²) in [6, 6.07) is 29.2. The zero-order chi connectivity index (χ0) is 16.8. The minimum absolute atomic E-state index is 1.14. The van der Waals surface area contributed by atoms with Crippen LogP contribution in [0.2, 0.25) is 0 Å². The molecule has 0 fully saturated rings. The van der Waals surface area contributed by atoms with Gasteiger partial charge in [-0.1, -0.05) is 110 Å². The van der Waals surface area contributed by atoms with Crippen molar-refractivity contribution in [3.05, 3.63) is 109 Å². The molecule has 0 spiro atoms. The van der Waals surface area contributed by atoms with Gasteiger partial charge in [-0.15, -0.1) is 0 Å². The van der Waals surface area contributed by atoms with E-state index in [-0.39, 0.29) is 0 Å². The molecule has 0 aliphatic rings. The first-order chi connectivity index (χ1) is 11.8. The lowest BCUT2D eigenvalue weighted by Gasteiger charge is -2.05. The van der Waals surface area contributed by atoms with Crippen LogP contribution in [0.3, 0.4) is 0 Å². The first kappa shape index (κ1) is 15.8. The second kappa shape index (κ2) is 7.43. The molecule has 0 heteroatoms. The molecule has 0 nitrogen and oxygen atoms in total. The predicted octanol–water partition coefficient (Wildman–Crippen LogP) is 6.97. The number of benzene rings is 4. The summed E-state index contributed by atoms with van der Waals surface area (Å²) in [6.45, 7) is 7.64. The van der Waals surface area contributed by atoms with E-state index < -0.39 is 0 Å². The summed E-state index contributed by atoms with van der Waals surface area (Å²) in [6.07, 6.45) is 3.75. The van der Waals surface area contributed by atoms with Gasteiger partial charge in [0.05, 0.1) is 0 Å². The summed E-state index contributed by atoms with van der Waals surface area (Å²) in [4.78, 5) is 0. The fourth-order valence-electron chi connectivity index (χ4n) is 2.85. The van der Waals surface area contributed by atoms with Gasteiger partial charge in [0.2, 0.25) is 0 Å². The maximum absolute atomic E-state index is 3.84. The molecule has 0 saturated heterocycles. The van der Waals surface area contributed by atoms with E-state index in [4.69, 9.17) is 0 Å². The van der Waals surface area contributed by atoms with Gasteiger partial charge in [0.15, 0.2) is 0 Å². The van der Waals surface area contributed by atoms with Crippen LogP contribution < -0.4 is 0 Å². The second-order valence-corrected chi connectivity index (χ2v) is 5.54. The average molecular weight is 308 g/mol. The Morgan fingerprint density at radius 3 is 1.50 bits per heavy atom. The van der Waals surface area contributed by atoms with Crippen molar-refractivity contribution >= 4 is 33.7 Å². The number of rotatable bonds is 2. The lowest BCUT2D eigenvalue weighted by molar-refractivity contribution is 1.67. The van der Waals surface area contributed by atoms with Gasteiger partial charge >= 0.3 is 0 Å². The van der Waals surface area contributed by atoms with E-state index in [1.165, 1.54) is 21.5 Å². The van der Waals surface area contributed by atoms with E-state index in [0.717, 1.165) is 11.1 Å². The molecular weight excluding hydrogens is 288 g/mol. The number of hydrogen-bond donors (Lipinski definition) is 0. The molecule has 0 aliphatic heterocycles. The molecule has 0 amide bonds. The second-order valence-electron chi connectivity index (χ2n) is 5.54. The normalized spacial score (nSPS) is 10.0. The first-order valence-corrected chi connectivity index (χ1v) is 8.04. The lowest BCUT2D eigenvalue weighted by Crippen LogP contribution is -1.82. The van der Waals surface area contributed by atoms with Crippen molar-refractivity contribution in [3.8, 4) is 0 Å². The summed E-state index contributed by atoms with van der Waals surface area (Å²) in [5.74, 6) is 0. The van der Waals surface area contributed by atoms with Gasteiger partial charge in [0.1, 0.15) is 0 Å². The van der Waals surface area contributed by atoms with E-state index >= 15 is 0 Å². The van der Waals surface area contributed by atoms with Crippen molar-refractivity contribution in [3.63, 3.8) is 0 Å². The molecule has 24 heavy (non-hydrogen) atoms. The maximum Gasteiger partial charge on any atom is -0.0106 e. The molecule has 0 saturated carbocycles. The summed E-state index contributed by atoms with van der Waals surface area (Å²) in [7, 11) is 0. The topological polar surface area (TPSA) is 0 Å². The Hall–Kier alpha value is -3.12. The molecule has 0 unspecified atom stereocenters.